The Morgan fingerprint density at radius 3 is 2.35 bits per heavy atom. The van der Waals surface area contributed by atoms with E-state index < -0.39 is 0 Å². The fraction of sp³-hybridized carbons (Fsp3) is 0.273. The Kier molecular flexibility index (Phi) is 5.52. The van der Waals surface area contributed by atoms with E-state index in [0.717, 1.165) is 12.0 Å². The van der Waals surface area contributed by atoms with Gasteiger partial charge in [0.05, 0.1) is 0 Å². The second-order valence-electron chi connectivity index (χ2n) is 6.99. The van der Waals surface area contributed by atoms with E-state index in [1.165, 1.54) is 17.2 Å². The average molecular weight is 348 g/mol. The second kappa shape index (κ2) is 8.00. The summed E-state index contributed by atoms with van der Waals surface area (Å²) in [6, 6.07) is 18.0. The first-order valence-electron chi connectivity index (χ1n) is 8.97. The van der Waals surface area contributed by atoms with Crippen molar-refractivity contribution in [2.45, 2.75) is 32.1 Å². The van der Waals surface area contributed by atoms with Gasteiger partial charge >= 0.3 is 0 Å². The van der Waals surface area contributed by atoms with Crippen LogP contribution in [0.5, 0.6) is 0 Å². The van der Waals surface area contributed by atoms with Crippen LogP contribution in [0.2, 0.25) is 0 Å². The smallest absolute Gasteiger partial charge is 0.262 e. The summed E-state index contributed by atoms with van der Waals surface area (Å²) in [5, 5.41) is 0. The molecule has 26 heavy (non-hydrogen) atoms. The van der Waals surface area contributed by atoms with Gasteiger partial charge in [-0.3, -0.25) is 20.4 Å². The topological polar surface area (TPSA) is 58.2 Å². The summed E-state index contributed by atoms with van der Waals surface area (Å²) in [6.07, 6.45) is 3.98. The molecule has 1 aliphatic rings. The molecule has 1 fully saturated rings. The summed E-state index contributed by atoms with van der Waals surface area (Å²) in [6.45, 7) is 4.28. The molecular formula is C22H24N2O2. The zero-order valence-corrected chi connectivity index (χ0v) is 15.1. The van der Waals surface area contributed by atoms with Gasteiger partial charge in [0.15, 0.2) is 0 Å². The van der Waals surface area contributed by atoms with Crippen LogP contribution in [0.1, 0.15) is 48.8 Å². The van der Waals surface area contributed by atoms with E-state index in [-0.39, 0.29) is 23.7 Å². The quantitative estimate of drug-likeness (QED) is 0.638. The van der Waals surface area contributed by atoms with Crippen molar-refractivity contribution in [2.75, 3.05) is 0 Å². The van der Waals surface area contributed by atoms with E-state index in [9.17, 15) is 9.59 Å². The van der Waals surface area contributed by atoms with Crippen molar-refractivity contribution in [2.24, 2.45) is 5.92 Å². The SMILES string of the molecule is CC(C)c1ccc(/C=C/C(=O)NNC(=O)[C@@H]2C[C@H]2c2ccccc2)cc1. The lowest BCUT2D eigenvalue weighted by molar-refractivity contribution is -0.127. The predicted molar refractivity (Wildman–Crippen MR) is 103 cm³/mol. The average Bonchev–Trinajstić information content (AvgIpc) is 3.46. The number of carbonyl (C=O) groups excluding carboxylic acids is 2. The van der Waals surface area contributed by atoms with Crippen molar-refractivity contribution < 1.29 is 9.59 Å². The predicted octanol–water partition coefficient (Wildman–Crippen LogP) is 3.77. The van der Waals surface area contributed by atoms with Crippen LogP contribution in [0.4, 0.5) is 0 Å². The molecule has 0 radical (unpaired) electrons. The highest BCUT2D eigenvalue weighted by atomic mass is 16.2. The minimum absolute atomic E-state index is 0.0646. The molecule has 134 valence electrons. The van der Waals surface area contributed by atoms with Crippen molar-refractivity contribution in [3.63, 3.8) is 0 Å². The lowest BCUT2D eigenvalue weighted by atomic mass is 10.0. The monoisotopic (exact) mass is 348 g/mol. The molecule has 4 heteroatoms. The third-order valence-corrected chi connectivity index (χ3v) is 4.69. The number of hydrazine groups is 1. The Morgan fingerprint density at radius 1 is 1.00 bits per heavy atom. The molecule has 0 unspecified atom stereocenters. The number of benzene rings is 2. The van der Waals surface area contributed by atoms with Gasteiger partial charge in [0.2, 0.25) is 5.91 Å². The van der Waals surface area contributed by atoms with E-state index in [2.05, 4.69) is 36.8 Å². The van der Waals surface area contributed by atoms with Crippen molar-refractivity contribution in [3.8, 4) is 0 Å². The highest BCUT2D eigenvalue weighted by Crippen LogP contribution is 2.47. The number of hydrogen-bond donors (Lipinski definition) is 2. The number of nitrogens with one attached hydrogen (secondary N) is 2. The van der Waals surface area contributed by atoms with Gasteiger partial charge in [0.25, 0.3) is 5.91 Å². The second-order valence-corrected chi connectivity index (χ2v) is 6.99. The van der Waals surface area contributed by atoms with Crippen LogP contribution < -0.4 is 10.9 Å². The fourth-order valence-electron chi connectivity index (χ4n) is 2.97. The van der Waals surface area contributed by atoms with Crippen LogP contribution in [0.25, 0.3) is 6.08 Å². The molecular weight excluding hydrogens is 324 g/mol. The maximum absolute atomic E-state index is 12.1. The largest absolute Gasteiger partial charge is 0.273 e. The van der Waals surface area contributed by atoms with E-state index in [1.54, 1.807) is 6.08 Å². The summed E-state index contributed by atoms with van der Waals surface area (Å²) in [7, 11) is 0. The van der Waals surface area contributed by atoms with Gasteiger partial charge in [-0.15, -0.1) is 0 Å². The van der Waals surface area contributed by atoms with Gasteiger partial charge in [-0.1, -0.05) is 68.4 Å². The summed E-state index contributed by atoms with van der Waals surface area (Å²) in [5.74, 6) is 0.187. The zero-order valence-electron chi connectivity index (χ0n) is 15.1. The molecule has 1 saturated carbocycles. The Hall–Kier alpha value is -2.88. The van der Waals surface area contributed by atoms with Crippen molar-refractivity contribution in [1.29, 1.82) is 0 Å². The van der Waals surface area contributed by atoms with Crippen LogP contribution in [0.3, 0.4) is 0 Å². The third kappa shape index (κ3) is 4.60. The van der Waals surface area contributed by atoms with Crippen molar-refractivity contribution >= 4 is 17.9 Å². The summed E-state index contributed by atoms with van der Waals surface area (Å²) < 4.78 is 0. The Balaban J connectivity index is 1.45. The molecule has 0 aromatic heterocycles. The molecule has 3 rings (SSSR count). The summed E-state index contributed by atoms with van der Waals surface area (Å²) in [4.78, 5) is 24.0. The van der Waals surface area contributed by atoms with E-state index >= 15 is 0 Å². The van der Waals surface area contributed by atoms with Crippen LogP contribution >= 0.6 is 0 Å². The van der Waals surface area contributed by atoms with Gasteiger partial charge in [0.1, 0.15) is 0 Å². The molecule has 2 amide bonds. The summed E-state index contributed by atoms with van der Waals surface area (Å²) >= 11 is 0. The Morgan fingerprint density at radius 2 is 1.69 bits per heavy atom. The molecule has 0 aliphatic heterocycles. The molecule has 2 atom stereocenters. The van der Waals surface area contributed by atoms with Crippen molar-refractivity contribution in [1.82, 2.24) is 10.9 Å². The molecule has 0 bridgehead atoms. The van der Waals surface area contributed by atoms with Crippen LogP contribution in [-0.2, 0) is 9.59 Å². The minimum Gasteiger partial charge on any atom is -0.273 e. The number of amides is 2. The van der Waals surface area contributed by atoms with Crippen LogP contribution in [0.15, 0.2) is 60.7 Å². The van der Waals surface area contributed by atoms with Crippen LogP contribution in [-0.4, -0.2) is 11.8 Å². The van der Waals surface area contributed by atoms with Gasteiger partial charge in [-0.2, -0.15) is 0 Å². The Bertz CT molecular complexity index is 795. The number of hydrogen-bond acceptors (Lipinski definition) is 2. The lowest BCUT2D eigenvalue weighted by Crippen LogP contribution is -2.41. The standard InChI is InChI=1S/C22H24N2O2/c1-15(2)17-11-8-16(9-12-17)10-13-21(25)23-24-22(26)20-14-19(20)18-6-4-3-5-7-18/h3-13,15,19-20H,14H2,1-2H3,(H,23,25)(H,24,26)/b13-10+/t19-,20+/m0/s1. The molecule has 0 heterocycles. The highest BCUT2D eigenvalue weighted by Gasteiger charge is 2.43. The first-order chi connectivity index (χ1) is 12.5. The molecule has 0 spiro atoms. The molecule has 2 N–H and O–H groups in total. The molecule has 1 aliphatic carbocycles. The van der Waals surface area contributed by atoms with Gasteiger partial charge in [0, 0.05) is 12.0 Å². The third-order valence-electron chi connectivity index (χ3n) is 4.69. The number of carbonyl (C=O) groups is 2. The first-order valence-corrected chi connectivity index (χ1v) is 8.97. The van der Waals surface area contributed by atoms with E-state index in [0.29, 0.717) is 5.92 Å². The molecule has 2 aromatic rings. The van der Waals surface area contributed by atoms with E-state index in [1.807, 2.05) is 42.5 Å². The maximum Gasteiger partial charge on any atom is 0.262 e. The van der Waals surface area contributed by atoms with E-state index in [4.69, 9.17) is 0 Å². The maximum atomic E-state index is 12.1. The molecule has 4 nitrogen and oxygen atoms in total. The molecule has 2 aromatic carbocycles. The van der Waals surface area contributed by atoms with Crippen molar-refractivity contribution in [3.05, 3.63) is 77.4 Å². The molecule has 0 saturated heterocycles. The normalized spacial score (nSPS) is 18.7. The number of rotatable bonds is 5. The zero-order chi connectivity index (χ0) is 18.5. The Labute approximate surface area is 154 Å². The minimum atomic E-state index is -0.344. The fourth-order valence-corrected chi connectivity index (χ4v) is 2.97. The van der Waals surface area contributed by atoms with Gasteiger partial charge < -0.3 is 0 Å². The summed E-state index contributed by atoms with van der Waals surface area (Å²) in [5.41, 5.74) is 8.34. The highest BCUT2D eigenvalue weighted by molar-refractivity contribution is 5.93. The first kappa shape index (κ1) is 17.9. The lowest BCUT2D eigenvalue weighted by Gasteiger charge is -2.06. The van der Waals surface area contributed by atoms with Crippen LogP contribution in [0, 0.1) is 5.92 Å². The van der Waals surface area contributed by atoms with Gasteiger partial charge in [-0.25, -0.2) is 0 Å². The van der Waals surface area contributed by atoms with Gasteiger partial charge in [-0.05, 0) is 41.0 Å².